The molecule has 2 amide bonds. The van der Waals surface area contributed by atoms with Crippen LogP contribution in [0.3, 0.4) is 0 Å². The van der Waals surface area contributed by atoms with Crippen molar-refractivity contribution in [2.45, 2.75) is 19.5 Å². The molecule has 0 aliphatic heterocycles. The Balaban J connectivity index is 2.39. The molecule has 30 heavy (non-hydrogen) atoms. The summed E-state index contributed by atoms with van der Waals surface area (Å²) in [6, 6.07) is 12.6. The van der Waals surface area contributed by atoms with Gasteiger partial charge in [0.15, 0.2) is 0 Å². The quantitative estimate of drug-likeness (QED) is 0.640. The number of likely N-dealkylation sites (N-methyl/N-ethyl adjacent to an activating group) is 1. The van der Waals surface area contributed by atoms with Crippen molar-refractivity contribution in [3.05, 3.63) is 64.1 Å². The van der Waals surface area contributed by atoms with E-state index in [0.29, 0.717) is 5.02 Å². The van der Waals surface area contributed by atoms with Crippen molar-refractivity contribution in [1.29, 1.82) is 0 Å². The van der Waals surface area contributed by atoms with E-state index in [9.17, 15) is 18.0 Å². The van der Waals surface area contributed by atoms with Crippen molar-refractivity contribution in [2.24, 2.45) is 0 Å². The number of nitrogens with one attached hydrogen (secondary N) is 1. The summed E-state index contributed by atoms with van der Waals surface area (Å²) in [7, 11) is -2.38. The van der Waals surface area contributed by atoms with Gasteiger partial charge < -0.3 is 10.2 Å². The fourth-order valence-electron chi connectivity index (χ4n) is 2.85. The molecule has 0 aliphatic rings. The van der Waals surface area contributed by atoms with Crippen LogP contribution in [0.15, 0.2) is 48.5 Å². The lowest BCUT2D eigenvalue weighted by molar-refractivity contribution is -0.139. The molecule has 1 N–H and O–H groups in total. The van der Waals surface area contributed by atoms with E-state index in [1.165, 1.54) is 30.1 Å². The molecule has 2 aromatic carbocycles. The van der Waals surface area contributed by atoms with Gasteiger partial charge in [0.05, 0.1) is 17.0 Å². The predicted molar refractivity (Wildman–Crippen MR) is 119 cm³/mol. The monoisotopic (exact) mass is 471 g/mol. The van der Waals surface area contributed by atoms with Gasteiger partial charge in [-0.3, -0.25) is 13.9 Å². The van der Waals surface area contributed by atoms with Crippen molar-refractivity contribution >= 4 is 50.7 Å². The van der Waals surface area contributed by atoms with E-state index in [1.54, 1.807) is 6.92 Å². The lowest BCUT2D eigenvalue weighted by atomic mass is 10.1. The summed E-state index contributed by atoms with van der Waals surface area (Å²) < 4.78 is 25.8. The maximum Gasteiger partial charge on any atom is 0.244 e. The summed E-state index contributed by atoms with van der Waals surface area (Å²) in [6.45, 7) is 1.20. The first-order chi connectivity index (χ1) is 14.0. The Morgan fingerprint density at radius 2 is 1.73 bits per heavy atom. The molecule has 0 bridgehead atoms. The number of benzene rings is 2. The van der Waals surface area contributed by atoms with Crippen LogP contribution in [0, 0.1) is 0 Å². The second kappa shape index (κ2) is 10.1. The Morgan fingerprint density at radius 3 is 2.27 bits per heavy atom. The first-order valence-corrected chi connectivity index (χ1v) is 11.6. The highest BCUT2D eigenvalue weighted by molar-refractivity contribution is 7.92. The molecule has 1 atom stereocenters. The topological polar surface area (TPSA) is 86.8 Å². The average Bonchev–Trinajstić information content (AvgIpc) is 2.69. The van der Waals surface area contributed by atoms with E-state index in [0.717, 1.165) is 16.1 Å². The van der Waals surface area contributed by atoms with Crippen LogP contribution in [0.1, 0.15) is 12.5 Å². The number of sulfonamides is 1. The largest absolute Gasteiger partial charge is 0.357 e. The molecule has 0 saturated heterocycles. The van der Waals surface area contributed by atoms with Gasteiger partial charge in [-0.1, -0.05) is 53.5 Å². The third kappa shape index (κ3) is 6.10. The van der Waals surface area contributed by atoms with Crippen molar-refractivity contribution in [3.8, 4) is 0 Å². The molecular formula is C20H23Cl2N3O4S. The summed E-state index contributed by atoms with van der Waals surface area (Å²) in [5.41, 5.74) is 0.932. The van der Waals surface area contributed by atoms with Crippen molar-refractivity contribution in [2.75, 3.05) is 24.2 Å². The maximum absolute atomic E-state index is 13.2. The summed E-state index contributed by atoms with van der Waals surface area (Å²) >= 11 is 12.1. The standard InChI is InChI=1S/C20H23Cl2N3O4S/c1-14(20(27)23-2)24(12-15-7-5-4-6-8-15)19(26)13-25(30(3,28)29)18-10-9-16(21)11-17(18)22/h4-11,14H,12-13H2,1-3H3,(H,23,27)/t14-/m1/s1. The SMILES string of the molecule is CNC(=O)[C@@H](C)N(Cc1ccccc1)C(=O)CN(c1ccc(Cl)cc1Cl)S(C)(=O)=O. The summed E-state index contributed by atoms with van der Waals surface area (Å²) in [5, 5.41) is 2.94. The first kappa shape index (κ1) is 24.0. The molecule has 0 aliphatic carbocycles. The highest BCUT2D eigenvalue weighted by Gasteiger charge is 2.30. The molecule has 0 heterocycles. The molecule has 162 valence electrons. The number of hydrogen-bond acceptors (Lipinski definition) is 4. The molecule has 0 aromatic heterocycles. The van der Waals surface area contributed by atoms with Crippen LogP contribution >= 0.6 is 23.2 Å². The van der Waals surface area contributed by atoms with Crippen LogP contribution in [-0.2, 0) is 26.2 Å². The minimum Gasteiger partial charge on any atom is -0.357 e. The van der Waals surface area contributed by atoms with E-state index in [4.69, 9.17) is 23.2 Å². The highest BCUT2D eigenvalue weighted by Crippen LogP contribution is 2.30. The van der Waals surface area contributed by atoms with Crippen molar-refractivity contribution < 1.29 is 18.0 Å². The van der Waals surface area contributed by atoms with Gasteiger partial charge in [-0.2, -0.15) is 0 Å². The molecule has 2 rings (SSSR count). The molecule has 0 spiro atoms. The summed E-state index contributed by atoms with van der Waals surface area (Å²) in [4.78, 5) is 26.7. The minimum atomic E-state index is -3.85. The smallest absolute Gasteiger partial charge is 0.244 e. The molecule has 0 radical (unpaired) electrons. The lowest BCUT2D eigenvalue weighted by Crippen LogP contribution is -2.50. The Morgan fingerprint density at radius 1 is 1.10 bits per heavy atom. The predicted octanol–water partition coefficient (Wildman–Crippen LogP) is 2.92. The number of hydrogen-bond donors (Lipinski definition) is 1. The van der Waals surface area contributed by atoms with Gasteiger partial charge in [0.2, 0.25) is 21.8 Å². The molecular weight excluding hydrogens is 449 g/mol. The zero-order chi connectivity index (χ0) is 22.5. The second-order valence-corrected chi connectivity index (χ2v) is 9.41. The molecule has 0 fully saturated rings. The second-order valence-electron chi connectivity index (χ2n) is 6.66. The van der Waals surface area contributed by atoms with E-state index < -0.39 is 28.5 Å². The Bertz CT molecular complexity index is 1020. The van der Waals surface area contributed by atoms with E-state index in [1.807, 2.05) is 30.3 Å². The Labute approximate surface area is 186 Å². The van der Waals surface area contributed by atoms with Gasteiger partial charge in [-0.15, -0.1) is 0 Å². The third-order valence-electron chi connectivity index (χ3n) is 4.47. The van der Waals surface area contributed by atoms with Crippen LogP contribution in [0.4, 0.5) is 5.69 Å². The number of carbonyl (C=O) groups excluding carboxylic acids is 2. The number of halogens is 2. The fourth-order valence-corrected chi connectivity index (χ4v) is 4.27. The zero-order valence-corrected chi connectivity index (χ0v) is 19.1. The van der Waals surface area contributed by atoms with Crippen LogP contribution in [0.25, 0.3) is 0 Å². The van der Waals surface area contributed by atoms with Gasteiger partial charge in [0.25, 0.3) is 0 Å². The van der Waals surface area contributed by atoms with Crippen LogP contribution in [0.5, 0.6) is 0 Å². The number of nitrogens with zero attached hydrogens (tertiary/aromatic N) is 2. The van der Waals surface area contributed by atoms with Crippen LogP contribution in [-0.4, -0.2) is 51.0 Å². The van der Waals surface area contributed by atoms with Gasteiger partial charge >= 0.3 is 0 Å². The van der Waals surface area contributed by atoms with Gasteiger partial charge in [-0.05, 0) is 30.7 Å². The molecule has 0 unspecified atom stereocenters. The number of carbonyl (C=O) groups is 2. The highest BCUT2D eigenvalue weighted by atomic mass is 35.5. The zero-order valence-electron chi connectivity index (χ0n) is 16.8. The summed E-state index contributed by atoms with van der Waals surface area (Å²) in [6.07, 6.45) is 0.981. The summed E-state index contributed by atoms with van der Waals surface area (Å²) in [5.74, 6) is -0.916. The Hall–Kier alpha value is -2.29. The van der Waals surface area contributed by atoms with Gasteiger partial charge in [0, 0.05) is 18.6 Å². The normalized spacial score (nSPS) is 12.2. The van der Waals surface area contributed by atoms with Crippen LogP contribution in [0.2, 0.25) is 10.0 Å². The average molecular weight is 472 g/mol. The molecule has 0 saturated carbocycles. The lowest BCUT2D eigenvalue weighted by Gasteiger charge is -2.31. The van der Waals surface area contributed by atoms with Crippen molar-refractivity contribution in [3.63, 3.8) is 0 Å². The number of amides is 2. The maximum atomic E-state index is 13.2. The third-order valence-corrected chi connectivity index (χ3v) is 6.13. The van der Waals surface area contributed by atoms with Crippen molar-refractivity contribution in [1.82, 2.24) is 10.2 Å². The number of anilines is 1. The minimum absolute atomic E-state index is 0.0923. The number of rotatable bonds is 8. The fraction of sp³-hybridized carbons (Fsp3) is 0.300. The van der Waals surface area contributed by atoms with E-state index >= 15 is 0 Å². The molecule has 7 nitrogen and oxygen atoms in total. The molecule has 2 aromatic rings. The van der Waals surface area contributed by atoms with E-state index in [2.05, 4.69) is 5.32 Å². The van der Waals surface area contributed by atoms with E-state index in [-0.39, 0.29) is 23.2 Å². The Kier molecular flexibility index (Phi) is 8.11. The van der Waals surface area contributed by atoms with Crippen LogP contribution < -0.4 is 9.62 Å². The van der Waals surface area contributed by atoms with Gasteiger partial charge in [-0.25, -0.2) is 8.42 Å². The van der Waals surface area contributed by atoms with Gasteiger partial charge in [0.1, 0.15) is 12.6 Å². The molecule has 10 heteroatoms. The first-order valence-electron chi connectivity index (χ1n) is 9.02.